The first-order valence-corrected chi connectivity index (χ1v) is 10.6. The van der Waals surface area contributed by atoms with Gasteiger partial charge in [-0.1, -0.05) is 13.8 Å². The third kappa shape index (κ3) is 4.00. The van der Waals surface area contributed by atoms with Gasteiger partial charge in [-0.05, 0) is 44.6 Å². The number of aromatic nitrogens is 1. The highest BCUT2D eigenvalue weighted by atomic mass is 32.1. The van der Waals surface area contributed by atoms with Gasteiger partial charge in [0.2, 0.25) is 0 Å². The van der Waals surface area contributed by atoms with Crippen LogP contribution in [-0.4, -0.2) is 67.1 Å². The van der Waals surface area contributed by atoms with Gasteiger partial charge in [0.05, 0.1) is 25.5 Å². The molecule has 152 valence electrons. The van der Waals surface area contributed by atoms with Crippen LogP contribution in [0.5, 0.6) is 11.5 Å². The molecule has 0 saturated carbocycles. The van der Waals surface area contributed by atoms with Crippen LogP contribution in [0.3, 0.4) is 0 Å². The first-order chi connectivity index (χ1) is 13.5. The highest BCUT2D eigenvalue weighted by molar-refractivity contribution is 7.17. The number of likely N-dealkylation sites (tertiary alicyclic amines) is 1. The standard InChI is InChI=1S/C21H29N3O3S/c1-6-23(7-2)15-10-11-24(13-15)21(25)19-14(3)22-20(28-19)17-12-16(26-4)8-9-18(17)27-5/h8-9,12,15H,6-7,10-11,13H2,1-5H3. The molecule has 0 spiro atoms. The molecule has 1 saturated heterocycles. The van der Waals surface area contributed by atoms with Gasteiger partial charge in [-0.25, -0.2) is 4.98 Å². The van der Waals surface area contributed by atoms with E-state index in [-0.39, 0.29) is 5.91 Å². The van der Waals surface area contributed by atoms with Crippen molar-refractivity contribution in [2.75, 3.05) is 40.4 Å². The number of hydrogen-bond acceptors (Lipinski definition) is 6. The Hall–Kier alpha value is -2.12. The van der Waals surface area contributed by atoms with Crippen molar-refractivity contribution < 1.29 is 14.3 Å². The molecule has 1 aromatic heterocycles. The Morgan fingerprint density at radius 1 is 1.29 bits per heavy atom. The summed E-state index contributed by atoms with van der Waals surface area (Å²) in [6, 6.07) is 6.07. The minimum absolute atomic E-state index is 0.0813. The Bertz CT molecular complexity index is 832. The molecule has 0 N–H and O–H groups in total. The Morgan fingerprint density at radius 3 is 2.68 bits per heavy atom. The van der Waals surface area contributed by atoms with Crippen LogP contribution in [0.25, 0.3) is 10.6 Å². The first-order valence-electron chi connectivity index (χ1n) is 9.75. The molecule has 0 bridgehead atoms. The lowest BCUT2D eigenvalue weighted by atomic mass is 10.2. The van der Waals surface area contributed by atoms with Crippen LogP contribution in [0.2, 0.25) is 0 Å². The number of carbonyl (C=O) groups excluding carboxylic acids is 1. The third-order valence-corrected chi connectivity index (χ3v) is 6.59. The molecule has 1 unspecified atom stereocenters. The van der Waals surface area contributed by atoms with Gasteiger partial charge < -0.3 is 14.4 Å². The molecule has 1 aromatic carbocycles. The molecule has 2 aromatic rings. The Morgan fingerprint density at radius 2 is 2.04 bits per heavy atom. The molecular formula is C21H29N3O3S. The number of methoxy groups -OCH3 is 2. The fraction of sp³-hybridized carbons (Fsp3) is 0.524. The van der Waals surface area contributed by atoms with Crippen LogP contribution < -0.4 is 9.47 Å². The molecule has 1 fully saturated rings. The van der Waals surface area contributed by atoms with E-state index >= 15 is 0 Å². The van der Waals surface area contributed by atoms with Crippen LogP contribution in [0, 0.1) is 6.92 Å². The third-order valence-electron chi connectivity index (χ3n) is 5.41. The van der Waals surface area contributed by atoms with E-state index in [1.807, 2.05) is 30.0 Å². The molecule has 0 radical (unpaired) electrons. The van der Waals surface area contributed by atoms with Crippen LogP contribution in [0.15, 0.2) is 18.2 Å². The lowest BCUT2D eigenvalue weighted by Gasteiger charge is -2.26. The number of aryl methyl sites for hydroxylation is 1. The molecule has 28 heavy (non-hydrogen) atoms. The van der Waals surface area contributed by atoms with Crippen molar-refractivity contribution in [2.45, 2.75) is 33.2 Å². The average Bonchev–Trinajstić information content (AvgIpc) is 3.35. The van der Waals surface area contributed by atoms with Gasteiger partial charge in [0.15, 0.2) is 0 Å². The smallest absolute Gasteiger partial charge is 0.265 e. The maximum atomic E-state index is 13.2. The number of nitrogens with zero attached hydrogens (tertiary/aromatic N) is 3. The first kappa shape index (κ1) is 20.6. The summed E-state index contributed by atoms with van der Waals surface area (Å²) in [7, 11) is 3.27. The van der Waals surface area contributed by atoms with Crippen LogP contribution >= 0.6 is 11.3 Å². The van der Waals surface area contributed by atoms with E-state index in [1.54, 1.807) is 14.2 Å². The quantitative estimate of drug-likeness (QED) is 0.706. The van der Waals surface area contributed by atoms with Gasteiger partial charge in [-0.15, -0.1) is 11.3 Å². The Kier molecular flexibility index (Phi) is 6.57. The molecule has 1 aliphatic rings. The fourth-order valence-electron chi connectivity index (χ4n) is 3.80. The molecule has 1 aliphatic heterocycles. The van der Waals surface area contributed by atoms with Gasteiger partial charge in [-0.2, -0.15) is 0 Å². The van der Waals surface area contributed by atoms with E-state index in [1.165, 1.54) is 11.3 Å². The van der Waals surface area contributed by atoms with E-state index in [0.29, 0.717) is 10.9 Å². The SMILES string of the molecule is CCN(CC)C1CCN(C(=O)c2sc(-c3cc(OC)ccc3OC)nc2C)C1. The van der Waals surface area contributed by atoms with Gasteiger partial charge in [0.25, 0.3) is 5.91 Å². The van der Waals surface area contributed by atoms with Gasteiger partial charge in [0, 0.05) is 19.1 Å². The second kappa shape index (κ2) is 8.92. The summed E-state index contributed by atoms with van der Waals surface area (Å²) >= 11 is 1.43. The number of thiazole rings is 1. The van der Waals surface area contributed by atoms with Crippen LogP contribution in [0.1, 0.15) is 35.6 Å². The molecule has 1 atom stereocenters. The lowest BCUT2D eigenvalue weighted by Crippen LogP contribution is -2.38. The largest absolute Gasteiger partial charge is 0.497 e. The zero-order valence-corrected chi connectivity index (χ0v) is 18.1. The normalized spacial score (nSPS) is 16.6. The number of carbonyl (C=O) groups is 1. The monoisotopic (exact) mass is 403 g/mol. The topological polar surface area (TPSA) is 54.9 Å². The molecule has 2 heterocycles. The second-order valence-corrected chi connectivity index (χ2v) is 7.91. The van der Waals surface area contributed by atoms with Gasteiger partial charge >= 0.3 is 0 Å². The van der Waals surface area contributed by atoms with Crippen LogP contribution in [0.4, 0.5) is 0 Å². The number of rotatable bonds is 7. The van der Waals surface area contributed by atoms with E-state index in [9.17, 15) is 4.79 Å². The summed E-state index contributed by atoms with van der Waals surface area (Å²) in [5, 5.41) is 0.774. The number of likely N-dealkylation sites (N-methyl/N-ethyl adjacent to an activating group) is 1. The zero-order valence-electron chi connectivity index (χ0n) is 17.3. The minimum Gasteiger partial charge on any atom is -0.497 e. The Balaban J connectivity index is 1.84. The zero-order chi connectivity index (χ0) is 20.3. The maximum Gasteiger partial charge on any atom is 0.265 e. The molecule has 6 nitrogen and oxygen atoms in total. The van der Waals surface area contributed by atoms with E-state index < -0.39 is 0 Å². The van der Waals surface area contributed by atoms with Crippen LogP contribution in [-0.2, 0) is 0 Å². The molecule has 1 amide bonds. The summed E-state index contributed by atoms with van der Waals surface area (Å²) in [6.45, 7) is 9.87. The van der Waals surface area contributed by atoms with Crippen molar-refractivity contribution in [3.05, 3.63) is 28.8 Å². The number of hydrogen-bond donors (Lipinski definition) is 0. The number of ether oxygens (including phenoxy) is 2. The highest BCUT2D eigenvalue weighted by Crippen LogP contribution is 2.37. The van der Waals surface area contributed by atoms with Crippen molar-refractivity contribution >= 4 is 17.2 Å². The van der Waals surface area contributed by atoms with Crippen molar-refractivity contribution in [2.24, 2.45) is 0 Å². The predicted molar refractivity (Wildman–Crippen MR) is 113 cm³/mol. The van der Waals surface area contributed by atoms with E-state index in [4.69, 9.17) is 9.47 Å². The summed E-state index contributed by atoms with van der Waals surface area (Å²) in [4.78, 5) is 22.9. The molecule has 3 rings (SSSR count). The minimum atomic E-state index is 0.0813. The summed E-state index contributed by atoms with van der Waals surface area (Å²) < 4.78 is 10.8. The van der Waals surface area contributed by atoms with Crippen molar-refractivity contribution in [1.82, 2.24) is 14.8 Å². The van der Waals surface area contributed by atoms with Crippen molar-refractivity contribution in [3.8, 4) is 22.1 Å². The van der Waals surface area contributed by atoms with E-state index in [0.717, 1.165) is 60.4 Å². The molecule has 7 heteroatoms. The summed E-state index contributed by atoms with van der Waals surface area (Å²) in [6.07, 6.45) is 1.03. The van der Waals surface area contributed by atoms with Gasteiger partial charge in [0.1, 0.15) is 21.4 Å². The molecule has 0 aliphatic carbocycles. The molecular weight excluding hydrogens is 374 g/mol. The summed E-state index contributed by atoms with van der Waals surface area (Å²) in [5.41, 5.74) is 1.61. The van der Waals surface area contributed by atoms with Gasteiger partial charge in [-0.3, -0.25) is 9.69 Å². The predicted octanol–water partition coefficient (Wildman–Crippen LogP) is 3.69. The lowest BCUT2D eigenvalue weighted by molar-refractivity contribution is 0.0782. The number of amides is 1. The fourth-order valence-corrected chi connectivity index (χ4v) is 4.85. The average molecular weight is 404 g/mol. The Labute approximate surface area is 171 Å². The number of benzene rings is 1. The van der Waals surface area contributed by atoms with E-state index in [2.05, 4.69) is 23.7 Å². The highest BCUT2D eigenvalue weighted by Gasteiger charge is 2.31. The van der Waals surface area contributed by atoms with Crippen molar-refractivity contribution in [3.63, 3.8) is 0 Å². The second-order valence-electron chi connectivity index (χ2n) is 6.91. The summed E-state index contributed by atoms with van der Waals surface area (Å²) in [5.74, 6) is 1.53. The maximum absolute atomic E-state index is 13.2. The van der Waals surface area contributed by atoms with Crippen molar-refractivity contribution in [1.29, 1.82) is 0 Å².